The molecule has 6 unspecified atom stereocenters. The second-order valence-electron chi connectivity index (χ2n) is 22.2. The third-order valence-corrected chi connectivity index (χ3v) is 15.4. The first-order valence-corrected chi connectivity index (χ1v) is 27.0. The van der Waals surface area contributed by atoms with Gasteiger partial charge < -0.3 is 34.3 Å². The normalized spacial score (nSPS) is 23.8. The number of hydrogen-bond acceptors (Lipinski definition) is 11. The number of rotatable bonds is 17. The van der Waals surface area contributed by atoms with Gasteiger partial charge in [0.2, 0.25) is 0 Å². The van der Waals surface area contributed by atoms with Gasteiger partial charge in [-0.1, -0.05) is 66.0 Å². The van der Waals surface area contributed by atoms with E-state index in [-0.39, 0.29) is 47.1 Å². The molecule has 0 heterocycles. The number of ether oxygens (including phenoxy) is 4. The van der Waals surface area contributed by atoms with Crippen molar-refractivity contribution in [2.75, 3.05) is 20.3 Å². The number of carbonyl (C=O) groups excluding carboxylic acids is 2. The minimum Gasteiger partial charge on any atom is -0.508 e. The molecule has 0 amide bonds. The van der Waals surface area contributed by atoms with E-state index < -0.39 is 88.8 Å². The van der Waals surface area contributed by atoms with Gasteiger partial charge in [0, 0.05) is 24.1 Å². The molecule has 0 aromatic heterocycles. The zero-order valence-corrected chi connectivity index (χ0v) is 48.5. The molecule has 0 saturated heterocycles. The van der Waals surface area contributed by atoms with Crippen molar-refractivity contribution in [3.63, 3.8) is 0 Å². The molecule has 28 heteroatoms. The van der Waals surface area contributed by atoms with Gasteiger partial charge in [-0.3, -0.25) is 0 Å². The first-order valence-electron chi connectivity index (χ1n) is 25.5. The van der Waals surface area contributed by atoms with Gasteiger partial charge >= 0.3 is 52.2 Å². The van der Waals surface area contributed by atoms with Crippen LogP contribution in [0.5, 0.6) is 0 Å². The van der Waals surface area contributed by atoms with Crippen molar-refractivity contribution < 1.29 is 118 Å². The molecule has 0 radical (unpaired) electrons. The smallest absolute Gasteiger partial charge is 0.508 e. The number of allylic oxidation sites excluding steroid dienone is 3. The second-order valence-corrected chi connectivity index (χ2v) is 24.0. The summed E-state index contributed by atoms with van der Waals surface area (Å²) in [6, 6.07) is 0. The van der Waals surface area contributed by atoms with Crippen LogP contribution in [-0.2, 0) is 38.6 Å². The lowest BCUT2D eigenvalue weighted by Gasteiger charge is -2.60. The Morgan fingerprint density at radius 3 is 1.36 bits per heavy atom. The van der Waals surface area contributed by atoms with E-state index in [1.165, 1.54) is 30.9 Å². The molecule has 0 aliphatic heterocycles. The minimum absolute atomic E-state index is 0.0648. The molecule has 12 nitrogen and oxygen atoms in total. The summed E-state index contributed by atoms with van der Waals surface area (Å²) in [5.74, 6) is 0.656. The molecular formula is C55H78F15NO11S. The highest BCUT2D eigenvalue weighted by Gasteiger charge is 2.72. The maximum absolute atomic E-state index is 12.5. The lowest BCUT2D eigenvalue weighted by Crippen LogP contribution is -2.58. The average Bonchev–Trinajstić information content (AvgIpc) is 3.22. The third kappa shape index (κ3) is 23.4. The van der Waals surface area contributed by atoms with Crippen LogP contribution in [0.15, 0.2) is 97.8 Å². The summed E-state index contributed by atoms with van der Waals surface area (Å²) in [4.78, 5) is 22.8. The Bertz CT molecular complexity index is 2390. The van der Waals surface area contributed by atoms with Crippen molar-refractivity contribution >= 4 is 22.0 Å². The first kappa shape index (κ1) is 78.0. The Morgan fingerprint density at radius 2 is 1.06 bits per heavy atom. The van der Waals surface area contributed by atoms with Crippen LogP contribution in [0.3, 0.4) is 0 Å². The molecule has 6 bridgehead atoms. The number of methoxy groups -OCH3 is 1. The fourth-order valence-electron chi connectivity index (χ4n) is 10.3. The second kappa shape index (κ2) is 29.9. The molecule has 6 saturated carbocycles. The molecule has 0 aromatic carbocycles. The molecule has 6 aliphatic carbocycles. The number of carbonyl (C=O) groups is 2. The van der Waals surface area contributed by atoms with Gasteiger partial charge in [0.1, 0.15) is 35.6 Å². The summed E-state index contributed by atoms with van der Waals surface area (Å²) in [6.07, 6.45) is -18.1. The lowest BCUT2D eigenvalue weighted by molar-refractivity contribution is -0.374. The predicted molar refractivity (Wildman–Crippen MR) is 280 cm³/mol. The Kier molecular flexibility index (Phi) is 28.1. The predicted octanol–water partition coefficient (Wildman–Crippen LogP) is 14.8. The number of fused-ring (bicyclic) bond motifs is 2. The van der Waals surface area contributed by atoms with Crippen LogP contribution in [0, 0.1) is 35.0 Å². The van der Waals surface area contributed by atoms with Crippen LogP contribution >= 0.6 is 0 Å². The SMILES string of the molecule is C=C(C)C(=C)O.C=C(C)C(=C)OC.C=C(C)C(=C)OCCNS(=O)(=O)C(F)(F)F.C=C(C)C(=O)OC(C)CC(O)(C(F)(F)F)C(F)(F)F.C=C(C)C(=O)OC12CC3CC(CC(C)(C3)C1)C2.OC(CC1CC2CCC1C2)(C(F)(F)F)C(F)(F)F. The lowest BCUT2D eigenvalue weighted by atomic mass is 9.48. The fraction of sp³-hybridized carbons (Fsp3) is 0.673. The molecule has 480 valence electrons. The van der Waals surface area contributed by atoms with Gasteiger partial charge in [0.15, 0.2) is 0 Å². The summed E-state index contributed by atoms with van der Waals surface area (Å²) in [5, 5.41) is 26.3. The topological polar surface area (TPSA) is 178 Å². The van der Waals surface area contributed by atoms with Gasteiger partial charge in [-0.25, -0.2) is 22.7 Å². The van der Waals surface area contributed by atoms with Gasteiger partial charge in [-0.05, 0) is 157 Å². The Hall–Kier alpha value is -4.96. The summed E-state index contributed by atoms with van der Waals surface area (Å²) in [5.41, 5.74) is -12.2. The maximum atomic E-state index is 12.5. The largest absolute Gasteiger partial charge is 0.511 e. The standard InChI is InChI=1S/C15H22O2.C11H14F6O.C10H12F6O3.C8H12F3NO3S.C6H10O.C5H8O/c1-10(2)13(16)17-15-7-11-4-12(8-15)6-14(3,5-11)9-15;12-10(13,14)9(18,11(15,16)17)5-8-4-6-1-2-7(8)3-6;1-5(2)7(17)19-6(3)4-8(18,9(11,12)13)10(14,15)16;1-6(2)7(3)15-5-4-12-16(13,14)8(9,10)11;1-5(2)6(3)7-4;1-4(2)5(3)6/h11-12H,1,4-9H2,2-3H3;6-8,18H,1-5H2;6,18H,1,4H2,2-3H3;12H,1,3-5H2,2H3;1,3H2,2,4H3;6H,1,3H2,2H3. The van der Waals surface area contributed by atoms with Gasteiger partial charge in [-0.15, -0.1) is 0 Å². The van der Waals surface area contributed by atoms with E-state index in [1.807, 2.05) is 6.92 Å². The van der Waals surface area contributed by atoms with Crippen molar-refractivity contribution in [2.24, 2.45) is 35.0 Å². The molecule has 83 heavy (non-hydrogen) atoms. The zero-order chi connectivity index (χ0) is 65.7. The average molecular weight is 1250 g/mol. The van der Waals surface area contributed by atoms with E-state index in [1.54, 1.807) is 27.9 Å². The first-order chi connectivity index (χ1) is 37.1. The van der Waals surface area contributed by atoms with Crippen LogP contribution < -0.4 is 4.72 Å². The van der Waals surface area contributed by atoms with Gasteiger partial charge in [0.05, 0.1) is 7.11 Å². The Balaban J connectivity index is 0.00000101. The molecule has 6 atom stereocenters. The number of esters is 2. The van der Waals surface area contributed by atoms with E-state index in [2.05, 4.69) is 64.3 Å². The van der Waals surface area contributed by atoms with Crippen molar-refractivity contribution in [2.45, 2.75) is 179 Å². The number of halogens is 15. The molecule has 0 spiro atoms. The van der Waals surface area contributed by atoms with Crippen LogP contribution in [-0.4, -0.2) is 109 Å². The number of hydrogen-bond donors (Lipinski definition) is 4. The highest BCUT2D eigenvalue weighted by Crippen LogP contribution is 2.63. The summed E-state index contributed by atoms with van der Waals surface area (Å²) in [6.45, 7) is 38.0. The molecule has 6 rings (SSSR count). The number of nitrogens with one attached hydrogen (secondary N) is 1. The highest BCUT2D eigenvalue weighted by molar-refractivity contribution is 7.90. The Morgan fingerprint density at radius 1 is 0.627 bits per heavy atom. The van der Waals surface area contributed by atoms with Crippen LogP contribution in [0.1, 0.15) is 126 Å². The summed E-state index contributed by atoms with van der Waals surface area (Å²) in [7, 11) is -3.72. The van der Waals surface area contributed by atoms with Gasteiger partial charge in [-0.2, -0.15) is 65.9 Å². The molecule has 4 N–H and O–H groups in total. The highest BCUT2D eigenvalue weighted by atomic mass is 32.2. The number of aliphatic hydroxyl groups excluding tert-OH is 1. The van der Waals surface area contributed by atoms with Crippen LogP contribution in [0.4, 0.5) is 65.9 Å². The fourth-order valence-corrected chi connectivity index (χ4v) is 10.8. The van der Waals surface area contributed by atoms with E-state index in [9.17, 15) is 83.9 Å². The van der Waals surface area contributed by atoms with Crippen LogP contribution in [0.2, 0.25) is 0 Å². The van der Waals surface area contributed by atoms with Gasteiger partial charge in [0.25, 0.3) is 11.2 Å². The Labute approximate surface area is 475 Å². The van der Waals surface area contributed by atoms with E-state index >= 15 is 0 Å². The number of aliphatic hydroxyl groups is 3. The van der Waals surface area contributed by atoms with Crippen molar-refractivity contribution in [1.29, 1.82) is 0 Å². The molecule has 6 fully saturated rings. The molecule has 6 aliphatic rings. The van der Waals surface area contributed by atoms with Crippen molar-refractivity contribution in [1.82, 2.24) is 4.72 Å². The number of alkyl halides is 15. The summed E-state index contributed by atoms with van der Waals surface area (Å²) >= 11 is 0. The minimum atomic E-state index is -5.94. The third-order valence-electron chi connectivity index (χ3n) is 14.2. The monoisotopic (exact) mass is 1250 g/mol. The molecular weight excluding hydrogens is 1170 g/mol. The van der Waals surface area contributed by atoms with Crippen molar-refractivity contribution in [3.05, 3.63) is 97.8 Å². The summed E-state index contributed by atoms with van der Waals surface area (Å²) < 4.78 is 227. The van der Waals surface area contributed by atoms with Crippen LogP contribution in [0.25, 0.3) is 0 Å². The zero-order valence-electron chi connectivity index (χ0n) is 47.7. The van der Waals surface area contributed by atoms with Crippen molar-refractivity contribution in [3.8, 4) is 0 Å². The number of sulfonamides is 1. The quantitative estimate of drug-likeness (QED) is 0.0272. The van der Waals surface area contributed by atoms with E-state index in [0.717, 1.165) is 50.0 Å². The maximum Gasteiger partial charge on any atom is 0.511 e. The van der Waals surface area contributed by atoms with E-state index in [4.69, 9.17) is 29.5 Å². The molecule has 0 aromatic rings. The van der Waals surface area contributed by atoms with E-state index in [0.29, 0.717) is 47.2 Å².